The normalized spacial score (nSPS) is 18.5. The molecule has 1 aliphatic rings. The fourth-order valence-electron chi connectivity index (χ4n) is 2.70. The van der Waals surface area contributed by atoms with Crippen LogP contribution in [0.4, 0.5) is 4.39 Å². The minimum absolute atomic E-state index is 0.149. The molecule has 1 fully saturated rings. The van der Waals surface area contributed by atoms with Crippen molar-refractivity contribution >= 4 is 11.6 Å². The molecular formula is C14H19ClFNO. The largest absolute Gasteiger partial charge is 0.389 e. The maximum absolute atomic E-state index is 13.3. The van der Waals surface area contributed by atoms with Crippen molar-refractivity contribution in [3.8, 4) is 0 Å². The van der Waals surface area contributed by atoms with Gasteiger partial charge in [0.1, 0.15) is 5.82 Å². The number of nitrogens with zero attached hydrogens (tertiary/aromatic N) is 1. The van der Waals surface area contributed by atoms with E-state index in [-0.39, 0.29) is 10.8 Å². The summed E-state index contributed by atoms with van der Waals surface area (Å²) in [7, 11) is 1.95. The highest BCUT2D eigenvalue weighted by Gasteiger charge is 2.32. The van der Waals surface area contributed by atoms with Gasteiger partial charge >= 0.3 is 0 Å². The van der Waals surface area contributed by atoms with Crippen molar-refractivity contribution in [1.82, 2.24) is 4.90 Å². The Kier molecular flexibility index (Phi) is 4.25. The van der Waals surface area contributed by atoms with Crippen LogP contribution in [-0.2, 0) is 6.54 Å². The number of hydrogen-bond donors (Lipinski definition) is 1. The van der Waals surface area contributed by atoms with Crippen molar-refractivity contribution in [1.29, 1.82) is 0 Å². The zero-order chi connectivity index (χ0) is 13.2. The highest BCUT2D eigenvalue weighted by Crippen LogP contribution is 2.30. The van der Waals surface area contributed by atoms with Crippen LogP contribution >= 0.6 is 11.6 Å². The zero-order valence-electron chi connectivity index (χ0n) is 10.6. The second-order valence-electron chi connectivity index (χ2n) is 5.35. The number of hydrogen-bond acceptors (Lipinski definition) is 2. The highest BCUT2D eigenvalue weighted by molar-refractivity contribution is 6.30. The molecule has 2 rings (SSSR count). The molecule has 1 saturated carbocycles. The first-order chi connectivity index (χ1) is 8.48. The second kappa shape index (κ2) is 5.55. The number of benzene rings is 1. The van der Waals surface area contributed by atoms with E-state index < -0.39 is 5.60 Å². The first-order valence-electron chi connectivity index (χ1n) is 6.33. The lowest BCUT2D eigenvalue weighted by molar-refractivity contribution is 0.0145. The Balaban J connectivity index is 1.94. The van der Waals surface area contributed by atoms with E-state index in [0.717, 1.165) is 31.2 Å². The van der Waals surface area contributed by atoms with Crippen molar-refractivity contribution in [3.05, 3.63) is 34.6 Å². The Bertz CT molecular complexity index is 418. The molecule has 0 heterocycles. The molecule has 0 bridgehead atoms. The average molecular weight is 272 g/mol. The molecule has 1 N–H and O–H groups in total. The first-order valence-corrected chi connectivity index (χ1v) is 6.71. The third-order valence-electron chi connectivity index (χ3n) is 3.54. The number of aliphatic hydroxyl groups is 1. The second-order valence-corrected chi connectivity index (χ2v) is 5.76. The summed E-state index contributed by atoms with van der Waals surface area (Å²) in [6.45, 7) is 1.26. The van der Waals surface area contributed by atoms with Gasteiger partial charge in [0.25, 0.3) is 0 Å². The monoisotopic (exact) mass is 271 g/mol. The molecule has 1 aliphatic carbocycles. The Morgan fingerprint density at radius 1 is 1.39 bits per heavy atom. The molecule has 0 amide bonds. The summed E-state index contributed by atoms with van der Waals surface area (Å²) in [6.07, 6.45) is 3.93. The Morgan fingerprint density at radius 2 is 2.06 bits per heavy atom. The van der Waals surface area contributed by atoms with Gasteiger partial charge in [0.05, 0.1) is 10.6 Å². The zero-order valence-corrected chi connectivity index (χ0v) is 11.4. The molecule has 0 aliphatic heterocycles. The summed E-state index contributed by atoms with van der Waals surface area (Å²) < 4.78 is 13.3. The van der Waals surface area contributed by atoms with Crippen molar-refractivity contribution < 1.29 is 9.50 Å². The molecule has 0 atom stereocenters. The molecule has 0 spiro atoms. The summed E-state index contributed by atoms with van der Waals surface area (Å²) in [5, 5.41) is 10.5. The number of likely N-dealkylation sites (N-methyl/N-ethyl adjacent to an activating group) is 1. The van der Waals surface area contributed by atoms with Crippen LogP contribution in [0.2, 0.25) is 5.02 Å². The van der Waals surface area contributed by atoms with Crippen LogP contribution in [0.3, 0.4) is 0 Å². The third-order valence-corrected chi connectivity index (χ3v) is 3.84. The molecule has 0 radical (unpaired) electrons. The average Bonchev–Trinajstić information content (AvgIpc) is 2.70. The van der Waals surface area contributed by atoms with Gasteiger partial charge in [-0.3, -0.25) is 4.90 Å². The van der Waals surface area contributed by atoms with Crippen LogP contribution in [-0.4, -0.2) is 29.2 Å². The summed E-state index contributed by atoms with van der Waals surface area (Å²) in [5.74, 6) is -0.387. The van der Waals surface area contributed by atoms with E-state index in [9.17, 15) is 9.50 Å². The van der Waals surface area contributed by atoms with Crippen LogP contribution < -0.4 is 0 Å². The van der Waals surface area contributed by atoms with Gasteiger partial charge in [0.2, 0.25) is 0 Å². The van der Waals surface area contributed by atoms with Crippen molar-refractivity contribution in [3.63, 3.8) is 0 Å². The lowest BCUT2D eigenvalue weighted by Crippen LogP contribution is -2.38. The predicted molar refractivity (Wildman–Crippen MR) is 71.2 cm³/mol. The molecule has 0 aromatic heterocycles. The van der Waals surface area contributed by atoms with E-state index in [1.807, 2.05) is 18.0 Å². The molecule has 4 heteroatoms. The molecule has 0 unspecified atom stereocenters. The van der Waals surface area contributed by atoms with E-state index in [1.54, 1.807) is 6.07 Å². The van der Waals surface area contributed by atoms with Gasteiger partial charge in [0, 0.05) is 13.1 Å². The van der Waals surface area contributed by atoms with Crippen LogP contribution in [0.5, 0.6) is 0 Å². The van der Waals surface area contributed by atoms with Crippen molar-refractivity contribution in [2.45, 2.75) is 37.8 Å². The van der Waals surface area contributed by atoms with Crippen LogP contribution in [0, 0.1) is 5.82 Å². The molecule has 2 nitrogen and oxygen atoms in total. The van der Waals surface area contributed by atoms with Gasteiger partial charge in [-0.2, -0.15) is 0 Å². The van der Waals surface area contributed by atoms with Gasteiger partial charge in [-0.15, -0.1) is 0 Å². The predicted octanol–water partition coefficient (Wildman–Crippen LogP) is 3.22. The van der Waals surface area contributed by atoms with E-state index in [0.29, 0.717) is 13.1 Å². The Labute approximate surface area is 112 Å². The lowest BCUT2D eigenvalue weighted by atomic mass is 10.0. The lowest BCUT2D eigenvalue weighted by Gasteiger charge is -2.28. The quantitative estimate of drug-likeness (QED) is 0.909. The summed E-state index contributed by atoms with van der Waals surface area (Å²) in [4.78, 5) is 2.04. The van der Waals surface area contributed by atoms with Gasteiger partial charge < -0.3 is 5.11 Å². The first kappa shape index (κ1) is 13.8. The fraction of sp³-hybridized carbons (Fsp3) is 0.571. The molecule has 1 aromatic carbocycles. The fourth-order valence-corrected chi connectivity index (χ4v) is 2.82. The third kappa shape index (κ3) is 3.44. The van der Waals surface area contributed by atoms with Gasteiger partial charge in [-0.25, -0.2) is 4.39 Å². The number of halogens is 2. The minimum atomic E-state index is -0.556. The smallest absolute Gasteiger partial charge is 0.142 e. The molecular weight excluding hydrogens is 253 g/mol. The van der Waals surface area contributed by atoms with Crippen LogP contribution in [0.1, 0.15) is 31.2 Å². The Hall–Kier alpha value is -0.640. The molecule has 18 heavy (non-hydrogen) atoms. The van der Waals surface area contributed by atoms with Gasteiger partial charge in [0.15, 0.2) is 0 Å². The van der Waals surface area contributed by atoms with Crippen molar-refractivity contribution in [2.75, 3.05) is 13.6 Å². The maximum Gasteiger partial charge on any atom is 0.142 e. The van der Waals surface area contributed by atoms with Crippen LogP contribution in [0.15, 0.2) is 18.2 Å². The topological polar surface area (TPSA) is 23.5 Å². The molecule has 100 valence electrons. The summed E-state index contributed by atoms with van der Waals surface area (Å²) >= 11 is 5.65. The number of rotatable bonds is 4. The van der Waals surface area contributed by atoms with E-state index in [1.165, 1.54) is 6.07 Å². The Morgan fingerprint density at radius 3 is 2.67 bits per heavy atom. The standard InChI is InChI=1S/C14H19ClFNO/c1-17(10-14(18)6-2-3-7-14)9-11-4-5-12(15)13(16)8-11/h4-5,8,18H,2-3,6-7,9-10H2,1H3. The summed E-state index contributed by atoms with van der Waals surface area (Å²) in [6, 6.07) is 4.85. The SMILES string of the molecule is CN(Cc1ccc(Cl)c(F)c1)CC1(O)CCCC1. The van der Waals surface area contributed by atoms with E-state index in [4.69, 9.17) is 11.6 Å². The van der Waals surface area contributed by atoms with E-state index >= 15 is 0 Å². The van der Waals surface area contributed by atoms with Crippen LogP contribution in [0.25, 0.3) is 0 Å². The minimum Gasteiger partial charge on any atom is -0.389 e. The highest BCUT2D eigenvalue weighted by atomic mass is 35.5. The molecule has 0 saturated heterocycles. The van der Waals surface area contributed by atoms with Gasteiger partial charge in [-0.05, 0) is 37.6 Å². The van der Waals surface area contributed by atoms with Gasteiger partial charge in [-0.1, -0.05) is 30.5 Å². The maximum atomic E-state index is 13.3. The summed E-state index contributed by atoms with van der Waals surface area (Å²) in [5.41, 5.74) is 0.320. The van der Waals surface area contributed by atoms with Crippen molar-refractivity contribution in [2.24, 2.45) is 0 Å². The molecule has 1 aromatic rings. The van der Waals surface area contributed by atoms with E-state index in [2.05, 4.69) is 0 Å².